The molecule has 0 spiro atoms. The first kappa shape index (κ1) is 31.0. The molecule has 0 aliphatic rings. The summed E-state index contributed by atoms with van der Waals surface area (Å²) in [6, 6.07) is 17.2. The molecule has 0 aliphatic carbocycles. The first-order chi connectivity index (χ1) is 18.8. The van der Waals surface area contributed by atoms with Gasteiger partial charge in [-0.3, -0.25) is 13.9 Å². The summed E-state index contributed by atoms with van der Waals surface area (Å²) in [7, 11) is -2.60. The lowest BCUT2D eigenvalue weighted by Crippen LogP contribution is -2.52. The van der Waals surface area contributed by atoms with E-state index in [1.54, 1.807) is 50.4 Å². The Bertz CT molecular complexity index is 1440. The van der Waals surface area contributed by atoms with E-state index in [4.69, 9.17) is 16.3 Å². The van der Waals surface area contributed by atoms with Gasteiger partial charge in [0.1, 0.15) is 18.3 Å². The molecule has 0 aliphatic heterocycles. The molecule has 8 nitrogen and oxygen atoms in total. The number of aryl methyl sites for hydroxylation is 2. The van der Waals surface area contributed by atoms with Crippen molar-refractivity contribution in [2.45, 2.75) is 58.1 Å². The number of hydrogen-bond acceptors (Lipinski definition) is 5. The molecule has 0 saturated heterocycles. The van der Waals surface area contributed by atoms with Gasteiger partial charge in [-0.2, -0.15) is 0 Å². The molecular formula is C30H36ClN3O5S. The van der Waals surface area contributed by atoms with Crippen LogP contribution in [-0.2, 0) is 26.2 Å². The number of carbonyl (C=O) groups is 2. The molecule has 0 fully saturated rings. The Labute approximate surface area is 241 Å². The van der Waals surface area contributed by atoms with Gasteiger partial charge >= 0.3 is 0 Å². The van der Waals surface area contributed by atoms with Crippen LogP contribution in [0.2, 0.25) is 5.02 Å². The van der Waals surface area contributed by atoms with Gasteiger partial charge in [-0.05, 0) is 99.8 Å². The predicted molar refractivity (Wildman–Crippen MR) is 158 cm³/mol. The molecule has 0 aromatic heterocycles. The van der Waals surface area contributed by atoms with E-state index in [0.717, 1.165) is 21.0 Å². The van der Waals surface area contributed by atoms with Crippen molar-refractivity contribution in [3.05, 3.63) is 88.4 Å². The zero-order chi connectivity index (χ0) is 29.6. The fourth-order valence-electron chi connectivity index (χ4n) is 4.06. The molecule has 3 aromatic carbocycles. The van der Waals surface area contributed by atoms with Crippen molar-refractivity contribution in [1.29, 1.82) is 0 Å². The Morgan fingerprint density at radius 1 is 0.925 bits per heavy atom. The monoisotopic (exact) mass is 585 g/mol. The van der Waals surface area contributed by atoms with Gasteiger partial charge in [0.25, 0.3) is 10.0 Å². The summed E-state index contributed by atoms with van der Waals surface area (Å²) < 4.78 is 34.1. The zero-order valence-corrected chi connectivity index (χ0v) is 25.2. The van der Waals surface area contributed by atoms with Gasteiger partial charge in [0, 0.05) is 17.6 Å². The van der Waals surface area contributed by atoms with Crippen molar-refractivity contribution in [2.24, 2.45) is 0 Å². The van der Waals surface area contributed by atoms with Gasteiger partial charge in [-0.1, -0.05) is 29.8 Å². The van der Waals surface area contributed by atoms with Crippen molar-refractivity contribution in [1.82, 2.24) is 10.2 Å². The average Bonchev–Trinajstić information content (AvgIpc) is 2.91. The summed E-state index contributed by atoms with van der Waals surface area (Å²) in [4.78, 5) is 28.4. The number of nitrogens with zero attached hydrogens (tertiary/aromatic N) is 2. The van der Waals surface area contributed by atoms with E-state index in [9.17, 15) is 18.0 Å². The molecule has 1 N–H and O–H groups in total. The highest BCUT2D eigenvalue weighted by atomic mass is 35.5. The summed E-state index contributed by atoms with van der Waals surface area (Å²) in [5.41, 5.74) is 2.96. The van der Waals surface area contributed by atoms with E-state index in [2.05, 4.69) is 5.32 Å². The van der Waals surface area contributed by atoms with Gasteiger partial charge in [0.15, 0.2) is 0 Å². The molecule has 1 atom stereocenters. The number of rotatable bonds is 11. The molecule has 0 heterocycles. The lowest BCUT2D eigenvalue weighted by atomic mass is 10.1. The number of ether oxygens (including phenoxy) is 1. The summed E-state index contributed by atoms with van der Waals surface area (Å²) in [5, 5.41) is 3.24. The van der Waals surface area contributed by atoms with Crippen LogP contribution in [0.4, 0.5) is 5.69 Å². The van der Waals surface area contributed by atoms with Gasteiger partial charge in [0.2, 0.25) is 11.8 Å². The van der Waals surface area contributed by atoms with Crippen molar-refractivity contribution in [3.63, 3.8) is 0 Å². The van der Waals surface area contributed by atoms with E-state index >= 15 is 0 Å². The molecule has 214 valence electrons. The molecule has 10 heteroatoms. The highest BCUT2D eigenvalue weighted by molar-refractivity contribution is 7.92. The number of sulfonamides is 1. The SMILES string of the molecule is COc1ccc(CN(C(=O)CN(c2ccc(C)c(C)c2)S(=O)(=O)c2ccc(Cl)cc2)C(C)C(=O)NC(C)C)cc1. The number of amides is 2. The van der Waals surface area contributed by atoms with Crippen LogP contribution in [0.3, 0.4) is 0 Å². The number of methoxy groups -OCH3 is 1. The molecule has 1 unspecified atom stereocenters. The maximum absolute atomic E-state index is 14.0. The van der Waals surface area contributed by atoms with E-state index < -0.39 is 28.5 Å². The lowest BCUT2D eigenvalue weighted by Gasteiger charge is -2.32. The quantitative estimate of drug-likeness (QED) is 0.338. The second-order valence-corrected chi connectivity index (χ2v) is 12.2. The van der Waals surface area contributed by atoms with Gasteiger partial charge in [-0.15, -0.1) is 0 Å². The minimum Gasteiger partial charge on any atom is -0.497 e. The first-order valence-corrected chi connectivity index (χ1v) is 14.7. The molecule has 0 radical (unpaired) electrons. The molecule has 3 rings (SSSR count). The maximum Gasteiger partial charge on any atom is 0.264 e. The fourth-order valence-corrected chi connectivity index (χ4v) is 5.59. The summed E-state index contributed by atoms with van der Waals surface area (Å²) in [6.45, 7) is 8.68. The highest BCUT2D eigenvalue weighted by Gasteiger charge is 2.32. The average molecular weight is 586 g/mol. The molecule has 3 aromatic rings. The van der Waals surface area contributed by atoms with E-state index in [-0.39, 0.29) is 23.4 Å². The Balaban J connectivity index is 2.05. The van der Waals surface area contributed by atoms with E-state index in [1.807, 2.05) is 33.8 Å². The highest BCUT2D eigenvalue weighted by Crippen LogP contribution is 2.27. The summed E-state index contributed by atoms with van der Waals surface area (Å²) in [5.74, 6) is -0.213. The maximum atomic E-state index is 14.0. The number of halogens is 1. The zero-order valence-electron chi connectivity index (χ0n) is 23.6. The van der Waals surface area contributed by atoms with Crippen LogP contribution < -0.4 is 14.4 Å². The Kier molecular flexibility index (Phi) is 10.2. The second-order valence-electron chi connectivity index (χ2n) is 9.94. The van der Waals surface area contributed by atoms with Crippen LogP contribution in [0.1, 0.15) is 37.5 Å². The van der Waals surface area contributed by atoms with Crippen LogP contribution >= 0.6 is 11.6 Å². The van der Waals surface area contributed by atoms with Crippen molar-refractivity contribution >= 4 is 39.1 Å². The standard InChI is InChI=1S/C30H36ClN3O5S/c1-20(2)32-30(36)23(5)33(18-24-8-13-27(39-6)14-9-24)29(35)19-34(26-12-7-21(3)22(4)17-26)40(37,38)28-15-10-25(31)11-16-28/h7-17,20,23H,18-19H2,1-6H3,(H,32,36). The number of hydrogen-bond donors (Lipinski definition) is 1. The predicted octanol–water partition coefficient (Wildman–Crippen LogP) is 5.10. The Morgan fingerprint density at radius 3 is 2.10 bits per heavy atom. The fraction of sp³-hybridized carbons (Fsp3) is 0.333. The Morgan fingerprint density at radius 2 is 1.55 bits per heavy atom. The summed E-state index contributed by atoms with van der Waals surface area (Å²) >= 11 is 6.00. The molecule has 0 bridgehead atoms. The minimum absolute atomic E-state index is 0.00442. The summed E-state index contributed by atoms with van der Waals surface area (Å²) in [6.07, 6.45) is 0. The van der Waals surface area contributed by atoms with Crippen molar-refractivity contribution in [3.8, 4) is 5.75 Å². The number of carbonyl (C=O) groups excluding carboxylic acids is 2. The van der Waals surface area contributed by atoms with Crippen LogP contribution in [0, 0.1) is 13.8 Å². The van der Waals surface area contributed by atoms with Gasteiger partial charge < -0.3 is 15.0 Å². The third-order valence-corrected chi connectivity index (χ3v) is 8.61. The lowest BCUT2D eigenvalue weighted by molar-refractivity contribution is -0.139. The molecule has 0 saturated carbocycles. The van der Waals surface area contributed by atoms with E-state index in [0.29, 0.717) is 16.5 Å². The minimum atomic E-state index is -4.17. The number of benzene rings is 3. The largest absolute Gasteiger partial charge is 0.497 e. The van der Waals surface area contributed by atoms with Crippen molar-refractivity contribution in [2.75, 3.05) is 18.0 Å². The molecular weight excluding hydrogens is 550 g/mol. The smallest absolute Gasteiger partial charge is 0.264 e. The van der Waals surface area contributed by atoms with E-state index in [1.165, 1.54) is 29.2 Å². The second kappa shape index (κ2) is 13.2. The number of nitrogens with one attached hydrogen (secondary N) is 1. The van der Waals surface area contributed by atoms with Crippen LogP contribution in [0.15, 0.2) is 71.6 Å². The topological polar surface area (TPSA) is 96.0 Å². The van der Waals surface area contributed by atoms with Crippen LogP contribution in [0.5, 0.6) is 5.75 Å². The van der Waals surface area contributed by atoms with Gasteiger partial charge in [0.05, 0.1) is 17.7 Å². The normalized spacial score (nSPS) is 12.1. The Hall–Kier alpha value is -3.56. The third-order valence-electron chi connectivity index (χ3n) is 6.57. The third kappa shape index (κ3) is 7.55. The number of anilines is 1. The van der Waals surface area contributed by atoms with Crippen LogP contribution in [0.25, 0.3) is 0 Å². The molecule has 2 amide bonds. The van der Waals surface area contributed by atoms with Crippen LogP contribution in [-0.4, -0.2) is 50.9 Å². The van der Waals surface area contributed by atoms with Crippen molar-refractivity contribution < 1.29 is 22.7 Å². The van der Waals surface area contributed by atoms with Gasteiger partial charge in [-0.25, -0.2) is 8.42 Å². The molecule has 40 heavy (non-hydrogen) atoms. The first-order valence-electron chi connectivity index (χ1n) is 12.9.